The minimum atomic E-state index is -2.86. The van der Waals surface area contributed by atoms with Crippen LogP contribution in [0.3, 0.4) is 0 Å². The second-order valence-electron chi connectivity index (χ2n) is 11.8. The van der Waals surface area contributed by atoms with Gasteiger partial charge in [-0.25, -0.2) is 8.42 Å². The SMILES string of the molecule is COC(=O)CC[C@@H]1COc2cc(NCc3ccc4c(c3)-c3ccc(OCC5CCS(=O)(=O)CC5)cc3CCC4)ccc21. The summed E-state index contributed by atoms with van der Waals surface area (Å²) in [6.45, 7) is 1.87. The molecule has 6 rings (SSSR count). The Kier molecular flexibility index (Phi) is 8.43. The molecule has 7 nitrogen and oxygen atoms in total. The summed E-state index contributed by atoms with van der Waals surface area (Å²) in [5.74, 6) is 2.64. The topological polar surface area (TPSA) is 90.9 Å². The third kappa shape index (κ3) is 6.59. The first-order valence-corrected chi connectivity index (χ1v) is 16.8. The van der Waals surface area contributed by atoms with Gasteiger partial charge in [-0.05, 0) is 96.5 Å². The predicted octanol–water partition coefficient (Wildman–Crippen LogP) is 6.09. The van der Waals surface area contributed by atoms with Gasteiger partial charge in [-0.15, -0.1) is 0 Å². The van der Waals surface area contributed by atoms with E-state index in [4.69, 9.17) is 14.2 Å². The van der Waals surface area contributed by atoms with Gasteiger partial charge in [0.05, 0.1) is 31.8 Å². The van der Waals surface area contributed by atoms with Crippen LogP contribution >= 0.6 is 0 Å². The molecule has 1 fully saturated rings. The van der Waals surface area contributed by atoms with Gasteiger partial charge >= 0.3 is 5.97 Å². The maximum absolute atomic E-state index is 11.7. The number of nitrogens with one attached hydrogen (secondary N) is 1. The van der Waals surface area contributed by atoms with E-state index < -0.39 is 9.84 Å². The summed E-state index contributed by atoms with van der Waals surface area (Å²) in [7, 11) is -1.43. The van der Waals surface area contributed by atoms with Crippen LogP contribution in [0.4, 0.5) is 5.69 Å². The van der Waals surface area contributed by atoms with Gasteiger partial charge in [0.15, 0.2) is 0 Å². The predicted molar refractivity (Wildman–Crippen MR) is 164 cm³/mol. The molecule has 0 saturated carbocycles. The van der Waals surface area contributed by atoms with Gasteiger partial charge < -0.3 is 19.5 Å². The first-order valence-electron chi connectivity index (χ1n) is 15.0. The van der Waals surface area contributed by atoms with Crippen molar-refractivity contribution in [1.82, 2.24) is 0 Å². The number of rotatable bonds is 9. The van der Waals surface area contributed by atoms with Crippen LogP contribution in [-0.4, -0.2) is 46.2 Å². The molecule has 8 heteroatoms. The van der Waals surface area contributed by atoms with Gasteiger partial charge in [0.25, 0.3) is 0 Å². The highest BCUT2D eigenvalue weighted by Gasteiger charge is 2.26. The normalized spacial score (nSPS) is 19.0. The molecule has 1 N–H and O–H groups in total. The molecule has 3 aromatic rings. The van der Waals surface area contributed by atoms with Gasteiger partial charge in [0.1, 0.15) is 21.3 Å². The molecule has 42 heavy (non-hydrogen) atoms. The fourth-order valence-electron chi connectivity index (χ4n) is 6.34. The number of carbonyl (C=O) groups excluding carboxylic acids is 1. The Morgan fingerprint density at radius 3 is 2.64 bits per heavy atom. The molecule has 3 aromatic carbocycles. The third-order valence-electron chi connectivity index (χ3n) is 8.91. The Labute approximate surface area is 248 Å². The van der Waals surface area contributed by atoms with Gasteiger partial charge in [-0.1, -0.05) is 24.3 Å². The van der Waals surface area contributed by atoms with E-state index in [9.17, 15) is 13.2 Å². The summed E-state index contributed by atoms with van der Waals surface area (Å²) >= 11 is 0. The maximum Gasteiger partial charge on any atom is 0.305 e. The van der Waals surface area contributed by atoms with Crippen LogP contribution in [0.25, 0.3) is 11.1 Å². The molecular weight excluding hydrogens is 550 g/mol. The summed E-state index contributed by atoms with van der Waals surface area (Å²) in [6, 6.07) is 19.5. The number of anilines is 1. The van der Waals surface area contributed by atoms with E-state index in [2.05, 4.69) is 59.9 Å². The van der Waals surface area contributed by atoms with Crippen LogP contribution in [0, 0.1) is 5.92 Å². The second-order valence-corrected chi connectivity index (χ2v) is 14.1. The number of carbonyl (C=O) groups is 1. The van der Waals surface area contributed by atoms with E-state index in [1.807, 2.05) is 0 Å². The van der Waals surface area contributed by atoms with Gasteiger partial charge in [0, 0.05) is 36.2 Å². The highest BCUT2D eigenvalue weighted by Crippen LogP contribution is 2.39. The number of esters is 1. The molecule has 2 aliphatic heterocycles. The average molecular weight is 590 g/mol. The second kappa shape index (κ2) is 12.4. The van der Waals surface area contributed by atoms with Gasteiger partial charge in [0.2, 0.25) is 0 Å². The molecule has 0 spiro atoms. The number of aryl methyl sites for hydroxylation is 2. The Balaban J connectivity index is 1.10. The summed E-state index contributed by atoms with van der Waals surface area (Å²) in [6.07, 6.45) is 5.65. The molecule has 0 radical (unpaired) electrons. The monoisotopic (exact) mass is 589 g/mol. The van der Waals surface area contributed by atoms with Crippen molar-refractivity contribution in [2.24, 2.45) is 5.92 Å². The summed E-state index contributed by atoms with van der Waals surface area (Å²) in [4.78, 5) is 11.5. The Morgan fingerprint density at radius 2 is 1.81 bits per heavy atom. The summed E-state index contributed by atoms with van der Waals surface area (Å²) in [5.41, 5.74) is 8.61. The summed E-state index contributed by atoms with van der Waals surface area (Å²) < 4.78 is 40.3. The Hall–Kier alpha value is -3.52. The lowest BCUT2D eigenvalue weighted by Crippen LogP contribution is -2.26. The van der Waals surface area contributed by atoms with Crippen molar-refractivity contribution in [1.29, 1.82) is 0 Å². The first kappa shape index (κ1) is 28.6. The molecule has 0 unspecified atom stereocenters. The Bertz CT molecular complexity index is 1550. The highest BCUT2D eigenvalue weighted by molar-refractivity contribution is 7.91. The van der Waals surface area contributed by atoms with E-state index in [0.717, 1.165) is 48.4 Å². The molecule has 2 heterocycles. The quantitative estimate of drug-likeness (QED) is 0.302. The van der Waals surface area contributed by atoms with Crippen molar-refractivity contribution in [3.8, 4) is 22.6 Å². The van der Waals surface area contributed by atoms with Crippen LogP contribution in [0.1, 0.15) is 60.3 Å². The van der Waals surface area contributed by atoms with Crippen molar-refractivity contribution in [2.75, 3.05) is 37.1 Å². The summed E-state index contributed by atoms with van der Waals surface area (Å²) in [5, 5.41) is 3.56. The van der Waals surface area contributed by atoms with Crippen LogP contribution in [0.15, 0.2) is 54.6 Å². The first-order chi connectivity index (χ1) is 20.4. The average Bonchev–Trinajstić information content (AvgIpc) is 3.31. The van der Waals surface area contributed by atoms with E-state index in [0.29, 0.717) is 44.9 Å². The highest BCUT2D eigenvalue weighted by atomic mass is 32.2. The molecular formula is C34H39NO6S. The van der Waals surface area contributed by atoms with Crippen LogP contribution in [0.5, 0.6) is 11.5 Å². The van der Waals surface area contributed by atoms with Crippen molar-refractivity contribution >= 4 is 21.5 Å². The lowest BCUT2D eigenvalue weighted by atomic mass is 9.94. The Morgan fingerprint density at radius 1 is 0.976 bits per heavy atom. The number of hydrogen-bond acceptors (Lipinski definition) is 7. The fraction of sp³-hybridized carbons (Fsp3) is 0.441. The number of benzene rings is 3. The van der Waals surface area contributed by atoms with E-state index in [1.165, 1.54) is 34.9 Å². The smallest absolute Gasteiger partial charge is 0.305 e. The molecule has 0 aromatic heterocycles. The number of sulfone groups is 1. The zero-order valence-corrected chi connectivity index (χ0v) is 25.0. The van der Waals surface area contributed by atoms with Crippen LogP contribution in [0.2, 0.25) is 0 Å². The fourth-order valence-corrected chi connectivity index (χ4v) is 7.93. The van der Waals surface area contributed by atoms with Crippen molar-refractivity contribution < 1.29 is 27.4 Å². The molecule has 0 bridgehead atoms. The van der Waals surface area contributed by atoms with E-state index >= 15 is 0 Å². The maximum atomic E-state index is 11.7. The minimum absolute atomic E-state index is 0.185. The number of ether oxygens (including phenoxy) is 3. The number of hydrogen-bond donors (Lipinski definition) is 1. The van der Waals surface area contributed by atoms with Gasteiger partial charge in [-0.2, -0.15) is 0 Å². The van der Waals surface area contributed by atoms with Crippen LogP contribution < -0.4 is 14.8 Å². The zero-order valence-electron chi connectivity index (χ0n) is 24.2. The number of fused-ring (bicyclic) bond motifs is 4. The zero-order chi connectivity index (χ0) is 29.1. The van der Waals surface area contributed by atoms with E-state index in [1.54, 1.807) is 0 Å². The standard InChI is InChI=1S/C34H39NO6S/c1-39-34(36)12-7-27-22-41-33-19-28(8-10-31(27)33)35-20-24-5-6-25-3-2-4-26-18-29(9-11-30(26)32(25)17-24)40-21-23-13-15-42(37,38)16-14-23/h5-6,8-11,17-19,23,27,35H,2-4,7,12-16,20-22H2,1H3/t27-/m1/s1. The molecule has 3 aliphatic rings. The molecule has 1 atom stereocenters. The minimum Gasteiger partial charge on any atom is -0.493 e. The van der Waals surface area contributed by atoms with E-state index in [-0.39, 0.29) is 23.4 Å². The number of methoxy groups -OCH3 is 1. The third-order valence-corrected chi connectivity index (χ3v) is 10.6. The van der Waals surface area contributed by atoms with Crippen LogP contribution in [-0.2, 0) is 38.8 Å². The van der Waals surface area contributed by atoms with Crippen molar-refractivity contribution in [3.63, 3.8) is 0 Å². The largest absolute Gasteiger partial charge is 0.493 e. The lowest BCUT2D eigenvalue weighted by Gasteiger charge is -2.22. The van der Waals surface area contributed by atoms with Crippen molar-refractivity contribution in [2.45, 2.75) is 57.4 Å². The lowest BCUT2D eigenvalue weighted by molar-refractivity contribution is -0.140. The molecule has 222 valence electrons. The van der Waals surface area contributed by atoms with Gasteiger partial charge in [-0.3, -0.25) is 4.79 Å². The molecule has 1 aliphatic carbocycles. The molecule has 1 saturated heterocycles. The van der Waals surface area contributed by atoms with Crippen molar-refractivity contribution in [3.05, 3.63) is 76.9 Å². The molecule has 0 amide bonds.